The van der Waals surface area contributed by atoms with Gasteiger partial charge in [0.05, 0.1) is 18.5 Å². The number of pyridine rings is 1. The highest BCUT2D eigenvalue weighted by Gasteiger charge is 2.08. The van der Waals surface area contributed by atoms with E-state index < -0.39 is 11.7 Å². The fraction of sp³-hybridized carbons (Fsp3) is 0.125. The van der Waals surface area contributed by atoms with Gasteiger partial charge in [-0.1, -0.05) is 11.8 Å². The number of rotatable bonds is 3. The Morgan fingerprint density at radius 1 is 1.29 bits per heavy atom. The topological polar surface area (TPSA) is 62.2 Å². The molecule has 0 unspecified atom stereocenters. The predicted octanol–water partition coefficient (Wildman–Crippen LogP) is 2.21. The maximum Gasteiger partial charge on any atom is 0.255 e. The Labute approximate surface area is 121 Å². The first-order valence-corrected chi connectivity index (χ1v) is 6.31. The molecule has 0 radical (unpaired) electrons. The lowest BCUT2D eigenvalue weighted by atomic mass is 10.1. The van der Waals surface area contributed by atoms with Crippen LogP contribution in [0.5, 0.6) is 0 Å². The van der Waals surface area contributed by atoms with Crippen LogP contribution in [0.4, 0.5) is 10.1 Å². The largest absolute Gasteiger partial charge is 0.395 e. The fourth-order valence-electron chi connectivity index (χ4n) is 1.60. The number of aliphatic hydroxyl groups is 1. The minimum Gasteiger partial charge on any atom is -0.395 e. The summed E-state index contributed by atoms with van der Waals surface area (Å²) >= 11 is 0. The number of aliphatic hydroxyl groups excluding tert-OH is 1. The highest BCUT2D eigenvalue weighted by Crippen LogP contribution is 2.13. The summed E-state index contributed by atoms with van der Waals surface area (Å²) in [5.74, 6) is 4.66. The highest BCUT2D eigenvalue weighted by atomic mass is 19.1. The molecule has 106 valence electrons. The maximum atomic E-state index is 13.4. The fourth-order valence-corrected chi connectivity index (χ4v) is 1.60. The highest BCUT2D eigenvalue weighted by molar-refractivity contribution is 6.04. The second-order valence-corrected chi connectivity index (χ2v) is 4.16. The molecule has 0 bridgehead atoms. The number of benzene rings is 1. The lowest BCUT2D eigenvalue weighted by molar-refractivity contribution is 0.102. The number of aromatic nitrogens is 1. The zero-order chi connectivity index (χ0) is 15.1. The van der Waals surface area contributed by atoms with E-state index in [4.69, 9.17) is 5.11 Å². The quantitative estimate of drug-likeness (QED) is 0.849. The third-order valence-electron chi connectivity index (χ3n) is 2.64. The maximum absolute atomic E-state index is 13.4. The van der Waals surface area contributed by atoms with Crippen molar-refractivity contribution in [2.75, 3.05) is 11.9 Å². The molecule has 21 heavy (non-hydrogen) atoms. The van der Waals surface area contributed by atoms with E-state index in [0.717, 1.165) is 11.8 Å². The molecule has 0 saturated carbocycles. The molecule has 0 fully saturated rings. The summed E-state index contributed by atoms with van der Waals surface area (Å²) in [7, 11) is 0. The lowest BCUT2D eigenvalue weighted by Gasteiger charge is -2.05. The van der Waals surface area contributed by atoms with E-state index in [2.05, 4.69) is 22.1 Å². The van der Waals surface area contributed by atoms with Crippen LogP contribution in [0.2, 0.25) is 0 Å². The third-order valence-corrected chi connectivity index (χ3v) is 2.64. The molecule has 2 N–H and O–H groups in total. The second-order valence-electron chi connectivity index (χ2n) is 4.16. The van der Waals surface area contributed by atoms with Crippen LogP contribution in [0.15, 0.2) is 42.7 Å². The molecule has 1 heterocycles. The van der Waals surface area contributed by atoms with Gasteiger partial charge in [0.25, 0.3) is 5.91 Å². The Morgan fingerprint density at radius 2 is 2.05 bits per heavy atom. The zero-order valence-corrected chi connectivity index (χ0v) is 11.1. The average molecular weight is 284 g/mol. The average Bonchev–Trinajstić information content (AvgIpc) is 2.50. The number of nitrogens with one attached hydrogen (secondary N) is 1. The van der Waals surface area contributed by atoms with Gasteiger partial charge in [0.2, 0.25) is 0 Å². The summed E-state index contributed by atoms with van der Waals surface area (Å²) in [4.78, 5) is 15.6. The number of amides is 1. The first kappa shape index (κ1) is 14.7. The molecule has 0 aliphatic carbocycles. The molecule has 0 spiro atoms. The van der Waals surface area contributed by atoms with Crippen LogP contribution in [0.25, 0.3) is 0 Å². The Bertz CT molecular complexity index is 687. The monoisotopic (exact) mass is 284 g/mol. The van der Waals surface area contributed by atoms with Gasteiger partial charge in [0, 0.05) is 23.7 Å². The number of hydrogen-bond acceptors (Lipinski definition) is 3. The standard InChI is InChI=1S/C16H13FN2O2/c17-14-11-18-9-8-15(14)19-16(21)13-6-4-12(5-7-13)3-1-2-10-20/h4-9,11,20H,2,10H2,(H,18,19,21). The van der Waals surface area contributed by atoms with E-state index >= 15 is 0 Å². The van der Waals surface area contributed by atoms with Crippen molar-refractivity contribution < 1.29 is 14.3 Å². The Hall–Kier alpha value is -2.71. The summed E-state index contributed by atoms with van der Waals surface area (Å²) in [5, 5.41) is 11.1. The van der Waals surface area contributed by atoms with Gasteiger partial charge < -0.3 is 10.4 Å². The first-order chi connectivity index (χ1) is 10.2. The van der Waals surface area contributed by atoms with Gasteiger partial charge in [-0.3, -0.25) is 9.78 Å². The van der Waals surface area contributed by atoms with Gasteiger partial charge in [-0.15, -0.1) is 0 Å². The van der Waals surface area contributed by atoms with Crippen molar-refractivity contribution in [3.63, 3.8) is 0 Å². The number of carbonyl (C=O) groups is 1. The van der Waals surface area contributed by atoms with E-state index in [1.165, 1.54) is 12.3 Å². The minimum absolute atomic E-state index is 0.0188. The lowest BCUT2D eigenvalue weighted by Crippen LogP contribution is -2.13. The van der Waals surface area contributed by atoms with Crippen LogP contribution in [0, 0.1) is 17.7 Å². The Balaban J connectivity index is 2.07. The SMILES string of the molecule is O=C(Nc1ccncc1F)c1ccc(C#CCCO)cc1. The van der Waals surface area contributed by atoms with Crippen LogP contribution in [0.3, 0.4) is 0 Å². The summed E-state index contributed by atoms with van der Waals surface area (Å²) in [6.45, 7) is 0.0188. The van der Waals surface area contributed by atoms with E-state index in [1.54, 1.807) is 24.3 Å². The molecule has 0 aliphatic rings. The van der Waals surface area contributed by atoms with Gasteiger partial charge in [0.15, 0.2) is 5.82 Å². The van der Waals surface area contributed by atoms with E-state index in [0.29, 0.717) is 12.0 Å². The van der Waals surface area contributed by atoms with Crippen molar-refractivity contribution in [3.8, 4) is 11.8 Å². The first-order valence-electron chi connectivity index (χ1n) is 6.31. The van der Waals surface area contributed by atoms with Crippen molar-refractivity contribution in [1.29, 1.82) is 0 Å². The van der Waals surface area contributed by atoms with E-state index in [1.807, 2.05) is 0 Å². The molecule has 2 rings (SSSR count). The number of anilines is 1. The molecule has 2 aromatic rings. The molecular weight excluding hydrogens is 271 g/mol. The van der Waals surface area contributed by atoms with Crippen LogP contribution < -0.4 is 5.32 Å². The van der Waals surface area contributed by atoms with Crippen molar-refractivity contribution in [2.45, 2.75) is 6.42 Å². The number of nitrogens with zero attached hydrogens (tertiary/aromatic N) is 1. The minimum atomic E-state index is -0.586. The van der Waals surface area contributed by atoms with Crippen molar-refractivity contribution in [3.05, 3.63) is 59.7 Å². The van der Waals surface area contributed by atoms with Gasteiger partial charge in [-0.05, 0) is 30.3 Å². The van der Waals surface area contributed by atoms with Gasteiger partial charge in [-0.25, -0.2) is 4.39 Å². The number of carbonyl (C=O) groups excluding carboxylic acids is 1. The Kier molecular flexibility index (Phi) is 5.02. The van der Waals surface area contributed by atoms with Crippen LogP contribution in [-0.4, -0.2) is 22.6 Å². The van der Waals surface area contributed by atoms with Crippen molar-refractivity contribution in [2.24, 2.45) is 0 Å². The zero-order valence-electron chi connectivity index (χ0n) is 11.1. The number of hydrogen-bond donors (Lipinski definition) is 2. The molecule has 0 aliphatic heterocycles. The normalized spacial score (nSPS) is 9.62. The van der Waals surface area contributed by atoms with Crippen LogP contribution in [-0.2, 0) is 0 Å². The molecule has 0 saturated heterocycles. The Morgan fingerprint density at radius 3 is 2.71 bits per heavy atom. The van der Waals surface area contributed by atoms with E-state index in [-0.39, 0.29) is 12.3 Å². The van der Waals surface area contributed by atoms with Crippen molar-refractivity contribution >= 4 is 11.6 Å². The van der Waals surface area contributed by atoms with Crippen LogP contribution in [0.1, 0.15) is 22.3 Å². The van der Waals surface area contributed by atoms with Crippen LogP contribution >= 0.6 is 0 Å². The molecular formula is C16H13FN2O2. The van der Waals surface area contributed by atoms with Gasteiger partial charge in [0.1, 0.15) is 0 Å². The van der Waals surface area contributed by atoms with Gasteiger partial charge in [-0.2, -0.15) is 0 Å². The predicted molar refractivity (Wildman–Crippen MR) is 77.2 cm³/mol. The molecule has 0 atom stereocenters. The molecule has 4 nitrogen and oxygen atoms in total. The van der Waals surface area contributed by atoms with Crippen molar-refractivity contribution in [1.82, 2.24) is 4.98 Å². The second kappa shape index (κ2) is 7.17. The molecule has 1 amide bonds. The number of halogens is 1. The molecule has 1 aromatic carbocycles. The smallest absolute Gasteiger partial charge is 0.255 e. The molecule has 5 heteroatoms. The molecule has 1 aromatic heterocycles. The summed E-state index contributed by atoms with van der Waals surface area (Å²) in [6.07, 6.45) is 2.84. The summed E-state index contributed by atoms with van der Waals surface area (Å²) < 4.78 is 13.4. The summed E-state index contributed by atoms with van der Waals surface area (Å²) in [5.41, 5.74) is 1.23. The van der Waals surface area contributed by atoms with E-state index in [9.17, 15) is 9.18 Å². The summed E-state index contributed by atoms with van der Waals surface area (Å²) in [6, 6.07) is 8.00. The van der Waals surface area contributed by atoms with Gasteiger partial charge >= 0.3 is 0 Å². The third kappa shape index (κ3) is 4.13.